The zero-order valence-corrected chi connectivity index (χ0v) is 13.5. The minimum absolute atomic E-state index is 0.827. The summed E-state index contributed by atoms with van der Waals surface area (Å²) in [6.07, 6.45) is 3.79. The Morgan fingerprint density at radius 3 is 2.23 bits per heavy atom. The van der Waals surface area contributed by atoms with Crippen LogP contribution in [0.3, 0.4) is 0 Å². The predicted molar refractivity (Wildman–Crippen MR) is 94.6 cm³/mol. The molecule has 0 aromatic heterocycles. The topological polar surface area (TPSA) is 3.24 Å². The lowest BCUT2D eigenvalue weighted by molar-refractivity contribution is 0.291. The van der Waals surface area contributed by atoms with Crippen molar-refractivity contribution in [3.8, 4) is 11.8 Å². The summed E-state index contributed by atoms with van der Waals surface area (Å²) in [5.41, 5.74) is 2.45. The van der Waals surface area contributed by atoms with Crippen LogP contribution in [-0.4, -0.2) is 18.0 Å². The zero-order chi connectivity index (χ0) is 15.5. The van der Waals surface area contributed by atoms with Crippen molar-refractivity contribution in [3.63, 3.8) is 0 Å². The molecule has 0 saturated heterocycles. The second kappa shape index (κ2) is 9.82. The highest BCUT2D eigenvalue weighted by Crippen LogP contribution is 2.06. The largest absolute Gasteiger partial charge is 0.288 e. The predicted octanol–water partition coefficient (Wildman–Crippen LogP) is 4.73. The first kappa shape index (κ1) is 16.3. The van der Waals surface area contributed by atoms with Crippen molar-refractivity contribution in [2.24, 2.45) is 0 Å². The molecule has 1 heteroatoms. The van der Waals surface area contributed by atoms with Gasteiger partial charge in [0.25, 0.3) is 0 Å². The highest BCUT2D eigenvalue weighted by Gasteiger charge is 2.03. The van der Waals surface area contributed by atoms with E-state index in [1.807, 2.05) is 18.2 Å². The summed E-state index contributed by atoms with van der Waals surface area (Å²) in [7, 11) is 0. The van der Waals surface area contributed by atoms with E-state index < -0.39 is 0 Å². The molecule has 0 heterocycles. The normalized spacial score (nSPS) is 10.3. The fourth-order valence-corrected chi connectivity index (χ4v) is 2.42. The molecular weight excluding hydrogens is 266 g/mol. The van der Waals surface area contributed by atoms with E-state index in [0.29, 0.717) is 0 Å². The fourth-order valence-electron chi connectivity index (χ4n) is 2.42. The lowest BCUT2D eigenvalue weighted by Crippen LogP contribution is -2.24. The van der Waals surface area contributed by atoms with Gasteiger partial charge in [-0.3, -0.25) is 4.90 Å². The summed E-state index contributed by atoms with van der Waals surface area (Å²) < 4.78 is 0. The monoisotopic (exact) mass is 291 g/mol. The molecule has 0 unspecified atom stereocenters. The summed E-state index contributed by atoms with van der Waals surface area (Å²) in [5, 5.41) is 0. The molecular formula is C21H25N. The second-order valence-electron chi connectivity index (χ2n) is 5.57. The van der Waals surface area contributed by atoms with E-state index in [0.717, 1.165) is 25.2 Å². The van der Waals surface area contributed by atoms with Gasteiger partial charge in [-0.2, -0.15) is 0 Å². The first-order valence-electron chi connectivity index (χ1n) is 8.18. The Labute approximate surface area is 135 Å². The van der Waals surface area contributed by atoms with Crippen LogP contribution in [0.15, 0.2) is 60.7 Å². The van der Waals surface area contributed by atoms with Crippen LogP contribution in [-0.2, 0) is 6.54 Å². The smallest absolute Gasteiger partial charge is 0.0608 e. The average Bonchev–Trinajstić information content (AvgIpc) is 2.57. The van der Waals surface area contributed by atoms with Gasteiger partial charge in [0, 0.05) is 12.1 Å². The summed E-state index contributed by atoms with van der Waals surface area (Å²) in [6, 6.07) is 20.9. The van der Waals surface area contributed by atoms with E-state index in [4.69, 9.17) is 0 Å². The Kier molecular flexibility index (Phi) is 7.29. The van der Waals surface area contributed by atoms with E-state index in [-0.39, 0.29) is 0 Å². The lowest BCUT2D eigenvalue weighted by Gasteiger charge is -2.19. The highest BCUT2D eigenvalue weighted by atomic mass is 15.1. The maximum absolute atomic E-state index is 3.32. The van der Waals surface area contributed by atoms with Crippen molar-refractivity contribution < 1.29 is 0 Å². The Morgan fingerprint density at radius 2 is 1.55 bits per heavy atom. The standard InChI is InChI=1S/C21H25N/c1-2-3-10-17-22(19-21-14-8-5-9-15-21)18-11-16-20-12-6-4-7-13-20/h4-9,12-15H,2-3,10,17-19H2,1H3. The van der Waals surface area contributed by atoms with Gasteiger partial charge in [0.15, 0.2) is 0 Å². The zero-order valence-electron chi connectivity index (χ0n) is 13.5. The molecule has 0 radical (unpaired) electrons. The fraction of sp³-hybridized carbons (Fsp3) is 0.333. The molecule has 2 aromatic rings. The van der Waals surface area contributed by atoms with Gasteiger partial charge < -0.3 is 0 Å². The molecule has 0 aliphatic heterocycles. The Balaban J connectivity index is 1.93. The molecule has 0 aliphatic rings. The molecule has 22 heavy (non-hydrogen) atoms. The van der Waals surface area contributed by atoms with Crippen LogP contribution < -0.4 is 0 Å². The minimum atomic E-state index is 0.827. The van der Waals surface area contributed by atoms with Crippen LogP contribution in [0.1, 0.15) is 37.3 Å². The molecule has 0 aliphatic carbocycles. The molecule has 0 atom stereocenters. The first-order chi connectivity index (χ1) is 10.9. The van der Waals surface area contributed by atoms with E-state index in [9.17, 15) is 0 Å². The molecule has 0 spiro atoms. The molecule has 0 fully saturated rings. The number of rotatable bonds is 7. The molecule has 0 N–H and O–H groups in total. The molecule has 1 nitrogen and oxygen atoms in total. The summed E-state index contributed by atoms with van der Waals surface area (Å²) in [6.45, 7) is 5.17. The van der Waals surface area contributed by atoms with Gasteiger partial charge in [0.2, 0.25) is 0 Å². The quantitative estimate of drug-likeness (QED) is 0.526. The summed E-state index contributed by atoms with van der Waals surface area (Å²) in [4.78, 5) is 2.45. The number of benzene rings is 2. The van der Waals surface area contributed by atoms with Gasteiger partial charge in [-0.15, -0.1) is 0 Å². The van der Waals surface area contributed by atoms with Gasteiger partial charge in [0.05, 0.1) is 6.54 Å². The van der Waals surface area contributed by atoms with Crippen molar-refractivity contribution in [2.75, 3.05) is 13.1 Å². The first-order valence-corrected chi connectivity index (χ1v) is 8.18. The van der Waals surface area contributed by atoms with E-state index in [1.165, 1.54) is 24.8 Å². The molecule has 0 saturated carbocycles. The number of hydrogen-bond acceptors (Lipinski definition) is 1. The van der Waals surface area contributed by atoms with Gasteiger partial charge in [-0.1, -0.05) is 80.1 Å². The van der Waals surface area contributed by atoms with Crippen LogP contribution in [0.4, 0.5) is 0 Å². The maximum Gasteiger partial charge on any atom is 0.0608 e. The van der Waals surface area contributed by atoms with Crippen molar-refractivity contribution in [2.45, 2.75) is 32.7 Å². The number of unbranched alkanes of at least 4 members (excludes halogenated alkanes) is 2. The van der Waals surface area contributed by atoms with Gasteiger partial charge >= 0.3 is 0 Å². The van der Waals surface area contributed by atoms with Gasteiger partial charge in [-0.05, 0) is 30.7 Å². The van der Waals surface area contributed by atoms with Crippen LogP contribution in [0.25, 0.3) is 0 Å². The highest BCUT2D eigenvalue weighted by molar-refractivity contribution is 5.33. The van der Waals surface area contributed by atoms with Crippen LogP contribution >= 0.6 is 0 Å². The van der Waals surface area contributed by atoms with Crippen LogP contribution in [0.2, 0.25) is 0 Å². The van der Waals surface area contributed by atoms with Crippen LogP contribution in [0.5, 0.6) is 0 Å². The Hall–Kier alpha value is -2.04. The third kappa shape index (κ3) is 6.16. The Morgan fingerprint density at radius 1 is 0.864 bits per heavy atom. The molecule has 114 valence electrons. The lowest BCUT2D eigenvalue weighted by atomic mass is 10.2. The van der Waals surface area contributed by atoms with Crippen LogP contribution in [0, 0.1) is 11.8 Å². The van der Waals surface area contributed by atoms with Crippen molar-refractivity contribution in [1.29, 1.82) is 0 Å². The van der Waals surface area contributed by atoms with Crippen molar-refractivity contribution in [3.05, 3.63) is 71.8 Å². The van der Waals surface area contributed by atoms with E-state index in [1.54, 1.807) is 0 Å². The molecule has 0 bridgehead atoms. The van der Waals surface area contributed by atoms with E-state index in [2.05, 4.69) is 66.1 Å². The third-order valence-corrected chi connectivity index (χ3v) is 3.64. The Bertz CT molecular complexity index is 578. The van der Waals surface area contributed by atoms with E-state index >= 15 is 0 Å². The number of nitrogens with zero attached hydrogens (tertiary/aromatic N) is 1. The van der Waals surface area contributed by atoms with Crippen molar-refractivity contribution >= 4 is 0 Å². The second-order valence-corrected chi connectivity index (χ2v) is 5.57. The molecule has 2 aromatic carbocycles. The van der Waals surface area contributed by atoms with Crippen molar-refractivity contribution in [1.82, 2.24) is 4.90 Å². The minimum Gasteiger partial charge on any atom is -0.288 e. The summed E-state index contributed by atoms with van der Waals surface area (Å²) in [5.74, 6) is 6.58. The SMILES string of the molecule is CCCCCN(CC#Cc1ccccc1)Cc1ccccc1. The maximum atomic E-state index is 3.32. The summed E-state index contributed by atoms with van der Waals surface area (Å²) >= 11 is 0. The van der Waals surface area contributed by atoms with Gasteiger partial charge in [0.1, 0.15) is 0 Å². The molecule has 2 rings (SSSR count). The third-order valence-electron chi connectivity index (χ3n) is 3.64. The average molecular weight is 291 g/mol. The number of hydrogen-bond donors (Lipinski definition) is 0. The van der Waals surface area contributed by atoms with Gasteiger partial charge in [-0.25, -0.2) is 0 Å². The molecule has 0 amide bonds.